The smallest absolute Gasteiger partial charge is 0.178 e. The van der Waals surface area contributed by atoms with E-state index in [1.54, 1.807) is 6.07 Å². The molecule has 200 valence electrons. The summed E-state index contributed by atoms with van der Waals surface area (Å²) in [6, 6.07) is 14.1. The second-order valence-corrected chi connectivity index (χ2v) is 11.1. The van der Waals surface area contributed by atoms with E-state index >= 15 is 4.39 Å². The van der Waals surface area contributed by atoms with Crippen molar-refractivity contribution in [1.82, 2.24) is 14.4 Å². The average molecular weight is 523 g/mol. The van der Waals surface area contributed by atoms with Crippen molar-refractivity contribution in [1.29, 1.82) is 0 Å². The number of aromatic nitrogens is 1. The maximum Gasteiger partial charge on any atom is 0.178 e. The van der Waals surface area contributed by atoms with Gasteiger partial charge in [-0.3, -0.25) is 0 Å². The Labute approximate surface area is 228 Å². The molecule has 4 aliphatic rings. The Morgan fingerprint density at radius 1 is 0.949 bits per heavy atom. The van der Waals surface area contributed by atoms with Crippen LogP contribution in [0.25, 0.3) is 50.8 Å². The summed E-state index contributed by atoms with van der Waals surface area (Å²) in [5.74, 6) is -0.319. The third kappa shape index (κ3) is 4.18. The van der Waals surface area contributed by atoms with Crippen molar-refractivity contribution in [2.45, 2.75) is 32.1 Å². The van der Waals surface area contributed by atoms with Gasteiger partial charge in [0, 0.05) is 49.0 Å². The topological polar surface area (TPSA) is 36.6 Å². The van der Waals surface area contributed by atoms with Gasteiger partial charge in [-0.15, -0.1) is 0 Å². The molecule has 0 amide bonds. The standard InChI is InChI=1S/C33H35FN4O/c1-22-26-20-28(34)31(35-12-17-36-13-8-9-14-36)33-32(26)38(21-27(22)23(2)37-15-6-3-7-16-37)29-18-24-10-4-5-11-25(24)19-30(29)39-33/h4-5,10-11,18-21,35H,1-3,6-9,12-17H2. The summed E-state index contributed by atoms with van der Waals surface area (Å²) >= 11 is 0. The first-order chi connectivity index (χ1) is 19.1. The van der Waals surface area contributed by atoms with E-state index in [9.17, 15) is 0 Å². The first-order valence-corrected chi connectivity index (χ1v) is 14.3. The van der Waals surface area contributed by atoms with Crippen LogP contribution in [0.5, 0.6) is 0 Å². The number of fused-ring (bicyclic) bond motifs is 3. The zero-order valence-corrected chi connectivity index (χ0v) is 22.4. The van der Waals surface area contributed by atoms with Crippen LogP contribution >= 0.6 is 0 Å². The molecule has 0 saturated carbocycles. The minimum Gasteiger partial charge on any atom is -0.451 e. The van der Waals surface area contributed by atoms with Gasteiger partial charge in [0.1, 0.15) is 5.69 Å². The lowest BCUT2D eigenvalue weighted by molar-refractivity contribution is 0.326. The summed E-state index contributed by atoms with van der Waals surface area (Å²) in [6.45, 7) is 14.7. The number of hydrogen-bond donors (Lipinski definition) is 1. The number of rotatable bonds is 6. The monoisotopic (exact) mass is 522 g/mol. The fourth-order valence-electron chi connectivity index (χ4n) is 6.47. The van der Waals surface area contributed by atoms with Gasteiger partial charge in [-0.05, 0) is 79.4 Å². The lowest BCUT2D eigenvalue weighted by atomic mass is 10.0. The number of pyridine rings is 1. The van der Waals surface area contributed by atoms with E-state index < -0.39 is 0 Å². The molecule has 3 aromatic rings. The highest BCUT2D eigenvalue weighted by Gasteiger charge is 2.25. The predicted molar refractivity (Wildman–Crippen MR) is 160 cm³/mol. The molecule has 0 aromatic heterocycles. The van der Waals surface area contributed by atoms with Crippen LogP contribution in [0.4, 0.5) is 10.1 Å². The molecule has 1 N–H and O–H groups in total. The fourth-order valence-corrected chi connectivity index (χ4v) is 6.47. The van der Waals surface area contributed by atoms with E-state index in [-0.39, 0.29) is 5.82 Å². The fraction of sp³-hybridized carbons (Fsp3) is 0.333. The van der Waals surface area contributed by atoms with Crippen LogP contribution in [0.15, 0.2) is 59.7 Å². The lowest BCUT2D eigenvalue weighted by Crippen LogP contribution is -2.30. The van der Waals surface area contributed by atoms with Gasteiger partial charge in [0.2, 0.25) is 0 Å². The van der Waals surface area contributed by atoms with Crippen molar-refractivity contribution in [3.05, 3.63) is 71.8 Å². The Hall–Kier alpha value is -3.77. The molecule has 6 heteroatoms. The van der Waals surface area contributed by atoms with Gasteiger partial charge >= 0.3 is 0 Å². The van der Waals surface area contributed by atoms with Crippen molar-refractivity contribution in [2.75, 3.05) is 44.6 Å². The summed E-state index contributed by atoms with van der Waals surface area (Å²) in [6.07, 6.45) is 8.17. The number of likely N-dealkylation sites (tertiary alicyclic amines) is 2. The molecule has 39 heavy (non-hydrogen) atoms. The number of benzene rings is 3. The first-order valence-electron chi connectivity index (χ1n) is 14.3. The van der Waals surface area contributed by atoms with E-state index in [0.29, 0.717) is 23.4 Å². The van der Waals surface area contributed by atoms with Gasteiger partial charge in [0.15, 0.2) is 17.0 Å². The Morgan fingerprint density at radius 2 is 1.67 bits per heavy atom. The molecule has 7 rings (SSSR count). The van der Waals surface area contributed by atoms with Crippen LogP contribution < -0.4 is 10.5 Å². The minimum atomic E-state index is -0.319. The number of anilines is 1. The predicted octanol–water partition coefficient (Wildman–Crippen LogP) is 6.76. The van der Waals surface area contributed by atoms with E-state index in [4.69, 9.17) is 4.42 Å². The van der Waals surface area contributed by atoms with Gasteiger partial charge in [-0.1, -0.05) is 37.4 Å². The van der Waals surface area contributed by atoms with Crippen LogP contribution in [0.2, 0.25) is 0 Å². The quantitative estimate of drug-likeness (QED) is 0.197. The zero-order valence-electron chi connectivity index (χ0n) is 22.4. The summed E-state index contributed by atoms with van der Waals surface area (Å²) in [7, 11) is 0. The highest BCUT2D eigenvalue weighted by molar-refractivity contribution is 6.01. The number of nitrogens with zero attached hydrogens (tertiary/aromatic N) is 3. The highest BCUT2D eigenvalue weighted by Crippen LogP contribution is 2.38. The maximum absolute atomic E-state index is 15.9. The SMILES string of the molecule is C=C(c1cn2c3cc4ccccc4cc3oc3c(NCCN4CCCC4)c(F)cc(c3-2)c1=C)N1CCCCC1. The summed E-state index contributed by atoms with van der Waals surface area (Å²) in [5.41, 5.74) is 5.33. The molecule has 4 heterocycles. The average Bonchev–Trinajstić information content (AvgIpc) is 3.48. The van der Waals surface area contributed by atoms with Crippen LogP contribution in [0.1, 0.15) is 37.7 Å². The normalized spacial score (nSPS) is 16.7. The molecule has 3 aromatic carbocycles. The second-order valence-electron chi connectivity index (χ2n) is 11.1. The number of halogens is 1. The van der Waals surface area contributed by atoms with Crippen LogP contribution in [0.3, 0.4) is 0 Å². The number of hydrogen-bond acceptors (Lipinski definition) is 4. The molecule has 4 aliphatic heterocycles. The molecule has 0 spiro atoms. The van der Waals surface area contributed by atoms with Gasteiger partial charge in [0.05, 0.1) is 11.2 Å². The van der Waals surface area contributed by atoms with E-state index in [0.717, 1.165) is 89.4 Å². The van der Waals surface area contributed by atoms with Gasteiger partial charge in [0.25, 0.3) is 0 Å². The van der Waals surface area contributed by atoms with Crippen molar-refractivity contribution in [2.24, 2.45) is 0 Å². The van der Waals surface area contributed by atoms with Crippen LogP contribution in [0, 0.1) is 5.82 Å². The Morgan fingerprint density at radius 3 is 2.44 bits per heavy atom. The van der Waals surface area contributed by atoms with Gasteiger partial charge < -0.3 is 24.1 Å². The van der Waals surface area contributed by atoms with Gasteiger partial charge in [-0.25, -0.2) is 4.39 Å². The van der Waals surface area contributed by atoms with Crippen molar-refractivity contribution in [3.63, 3.8) is 0 Å². The Kier molecular flexibility index (Phi) is 6.08. The minimum absolute atomic E-state index is 0.319. The van der Waals surface area contributed by atoms with E-state index in [1.165, 1.54) is 19.3 Å². The third-order valence-electron chi connectivity index (χ3n) is 8.63. The Balaban J connectivity index is 1.45. The molecule has 5 nitrogen and oxygen atoms in total. The molecule has 0 atom stereocenters. The molecule has 0 bridgehead atoms. The van der Waals surface area contributed by atoms with E-state index in [1.807, 2.05) is 12.1 Å². The molecule has 0 radical (unpaired) electrons. The zero-order chi connectivity index (χ0) is 26.5. The van der Waals surface area contributed by atoms with Crippen molar-refractivity contribution >= 4 is 50.8 Å². The third-order valence-corrected chi connectivity index (χ3v) is 8.63. The summed E-state index contributed by atoms with van der Waals surface area (Å²) in [4.78, 5) is 4.77. The first kappa shape index (κ1) is 24.3. The maximum atomic E-state index is 15.9. The number of nitrogens with one attached hydrogen (secondary N) is 1. The highest BCUT2D eigenvalue weighted by atomic mass is 19.1. The molecule has 2 fully saturated rings. The van der Waals surface area contributed by atoms with Crippen LogP contribution in [-0.4, -0.2) is 53.6 Å². The largest absolute Gasteiger partial charge is 0.451 e. The Bertz CT molecular complexity index is 1740. The molecule has 0 unspecified atom stereocenters. The molecular weight excluding hydrogens is 487 g/mol. The van der Waals surface area contributed by atoms with Crippen molar-refractivity contribution < 1.29 is 8.81 Å². The summed E-state index contributed by atoms with van der Waals surface area (Å²) < 4.78 is 24.6. The van der Waals surface area contributed by atoms with Gasteiger partial charge in [-0.2, -0.15) is 0 Å². The number of piperidine rings is 1. The molecular formula is C33H35FN4O. The second kappa shape index (κ2) is 9.76. The van der Waals surface area contributed by atoms with Crippen LogP contribution in [-0.2, 0) is 0 Å². The lowest BCUT2D eigenvalue weighted by Gasteiger charge is -2.32. The van der Waals surface area contributed by atoms with Crippen molar-refractivity contribution in [3.8, 4) is 5.69 Å². The summed E-state index contributed by atoms with van der Waals surface area (Å²) in [5, 5.41) is 7.14. The van der Waals surface area contributed by atoms with E-state index in [2.05, 4.69) is 63.3 Å². The molecule has 2 saturated heterocycles. The molecule has 0 aliphatic carbocycles.